The van der Waals surface area contributed by atoms with Gasteiger partial charge < -0.3 is 15.0 Å². The van der Waals surface area contributed by atoms with Gasteiger partial charge in [-0.2, -0.15) is 0 Å². The highest BCUT2D eigenvalue weighted by Crippen LogP contribution is 2.28. The molecule has 1 atom stereocenters. The van der Waals surface area contributed by atoms with Crippen LogP contribution in [0, 0.1) is 0 Å². The summed E-state index contributed by atoms with van der Waals surface area (Å²) in [5.74, 6) is 0.0555. The number of carbonyl (C=O) groups is 1. The normalized spacial score (nSPS) is 22.8. The number of nitrogens with one attached hydrogen (secondary N) is 1. The standard InChI is InChI=1S/C14H21N3O2S/c1-17-7-6-11-12(9-17)20-14(15-11)16-13(18)5-4-10-3-2-8-19-10/h10H,2-9H2,1H3,(H,15,16,18)/t10-/m0/s1. The third kappa shape index (κ3) is 3.37. The first-order chi connectivity index (χ1) is 9.70. The predicted molar refractivity (Wildman–Crippen MR) is 79.0 cm³/mol. The number of nitrogens with zero attached hydrogens (tertiary/aromatic N) is 2. The SMILES string of the molecule is CN1CCc2nc(NC(=O)CC[C@@H]3CCCO3)sc2C1. The van der Waals surface area contributed by atoms with Gasteiger partial charge >= 0.3 is 0 Å². The molecular formula is C14H21N3O2S. The Bertz CT molecular complexity index is 483. The van der Waals surface area contributed by atoms with Crippen molar-refractivity contribution < 1.29 is 9.53 Å². The molecule has 110 valence electrons. The number of aromatic nitrogens is 1. The fraction of sp³-hybridized carbons (Fsp3) is 0.714. The van der Waals surface area contributed by atoms with Gasteiger partial charge in [0.25, 0.3) is 0 Å². The van der Waals surface area contributed by atoms with Crippen molar-refractivity contribution in [1.29, 1.82) is 0 Å². The molecule has 1 saturated heterocycles. The monoisotopic (exact) mass is 295 g/mol. The largest absolute Gasteiger partial charge is 0.378 e. The summed E-state index contributed by atoms with van der Waals surface area (Å²) in [7, 11) is 2.11. The lowest BCUT2D eigenvalue weighted by molar-refractivity contribution is -0.116. The average Bonchev–Trinajstić information content (AvgIpc) is 3.04. The second kappa shape index (κ2) is 6.20. The van der Waals surface area contributed by atoms with Crippen molar-refractivity contribution in [1.82, 2.24) is 9.88 Å². The Morgan fingerprint density at radius 1 is 1.60 bits per heavy atom. The van der Waals surface area contributed by atoms with Crippen LogP contribution in [0.15, 0.2) is 0 Å². The quantitative estimate of drug-likeness (QED) is 0.923. The topological polar surface area (TPSA) is 54.5 Å². The number of ether oxygens (including phenoxy) is 1. The maximum absolute atomic E-state index is 11.9. The lowest BCUT2D eigenvalue weighted by Gasteiger charge is -2.20. The van der Waals surface area contributed by atoms with Gasteiger partial charge in [-0.1, -0.05) is 0 Å². The van der Waals surface area contributed by atoms with Gasteiger partial charge in [0.05, 0.1) is 11.8 Å². The van der Waals surface area contributed by atoms with Crippen molar-refractivity contribution >= 4 is 22.4 Å². The van der Waals surface area contributed by atoms with E-state index in [1.807, 2.05) is 0 Å². The zero-order chi connectivity index (χ0) is 13.9. The highest BCUT2D eigenvalue weighted by molar-refractivity contribution is 7.15. The number of carbonyl (C=O) groups excluding carboxylic acids is 1. The summed E-state index contributed by atoms with van der Waals surface area (Å²) >= 11 is 1.61. The van der Waals surface area contributed by atoms with Crippen LogP contribution in [0.4, 0.5) is 5.13 Å². The highest BCUT2D eigenvalue weighted by Gasteiger charge is 2.20. The molecule has 0 saturated carbocycles. The van der Waals surface area contributed by atoms with E-state index in [1.165, 1.54) is 4.88 Å². The first-order valence-electron chi connectivity index (χ1n) is 7.29. The number of thiazole rings is 1. The van der Waals surface area contributed by atoms with Crippen LogP contribution in [0.25, 0.3) is 0 Å². The summed E-state index contributed by atoms with van der Waals surface area (Å²) in [5.41, 5.74) is 1.16. The van der Waals surface area contributed by atoms with Crippen molar-refractivity contribution in [2.45, 2.75) is 44.8 Å². The Kier molecular flexibility index (Phi) is 4.33. The van der Waals surface area contributed by atoms with E-state index in [4.69, 9.17) is 4.74 Å². The maximum Gasteiger partial charge on any atom is 0.226 e. The van der Waals surface area contributed by atoms with Gasteiger partial charge in [0.15, 0.2) is 5.13 Å². The molecule has 0 aliphatic carbocycles. The molecule has 1 amide bonds. The van der Waals surface area contributed by atoms with Crippen molar-refractivity contribution in [3.8, 4) is 0 Å². The number of anilines is 1. The minimum absolute atomic E-state index is 0.0555. The molecule has 2 aliphatic heterocycles. The maximum atomic E-state index is 11.9. The predicted octanol–water partition coefficient (Wildman–Crippen LogP) is 2.03. The molecule has 2 aliphatic rings. The van der Waals surface area contributed by atoms with Crippen molar-refractivity contribution in [2.24, 2.45) is 0 Å². The summed E-state index contributed by atoms with van der Waals surface area (Å²) in [6.07, 6.45) is 4.81. The van der Waals surface area contributed by atoms with E-state index in [1.54, 1.807) is 11.3 Å². The van der Waals surface area contributed by atoms with Crippen LogP contribution in [0.3, 0.4) is 0 Å². The van der Waals surface area contributed by atoms with Crippen LogP contribution < -0.4 is 5.32 Å². The lowest BCUT2D eigenvalue weighted by Crippen LogP contribution is -2.25. The van der Waals surface area contributed by atoms with E-state index >= 15 is 0 Å². The molecule has 0 unspecified atom stereocenters. The number of likely N-dealkylation sites (N-methyl/N-ethyl adjacent to an activating group) is 1. The smallest absolute Gasteiger partial charge is 0.226 e. The van der Waals surface area contributed by atoms with E-state index in [-0.39, 0.29) is 12.0 Å². The molecule has 6 heteroatoms. The lowest BCUT2D eigenvalue weighted by atomic mass is 10.1. The Hall–Kier alpha value is -0.980. The Labute approximate surface area is 123 Å². The van der Waals surface area contributed by atoms with E-state index in [2.05, 4.69) is 22.2 Å². The van der Waals surface area contributed by atoms with Gasteiger partial charge in [-0.05, 0) is 26.3 Å². The Balaban J connectivity index is 1.51. The minimum Gasteiger partial charge on any atom is -0.378 e. The zero-order valence-corrected chi connectivity index (χ0v) is 12.7. The van der Waals surface area contributed by atoms with E-state index in [0.717, 1.165) is 56.2 Å². The summed E-state index contributed by atoms with van der Waals surface area (Å²) in [6.45, 7) is 2.83. The Morgan fingerprint density at radius 2 is 2.50 bits per heavy atom. The summed E-state index contributed by atoms with van der Waals surface area (Å²) in [6, 6.07) is 0. The average molecular weight is 295 g/mol. The first-order valence-corrected chi connectivity index (χ1v) is 8.11. The Morgan fingerprint density at radius 3 is 3.30 bits per heavy atom. The van der Waals surface area contributed by atoms with Crippen LogP contribution >= 0.6 is 11.3 Å². The molecule has 0 spiro atoms. The number of amides is 1. The summed E-state index contributed by atoms with van der Waals surface area (Å²) in [4.78, 5) is 20.0. The molecular weight excluding hydrogens is 274 g/mol. The van der Waals surface area contributed by atoms with Gasteiger partial charge in [-0.15, -0.1) is 11.3 Å². The molecule has 1 N–H and O–H groups in total. The molecule has 20 heavy (non-hydrogen) atoms. The third-order valence-electron chi connectivity index (χ3n) is 3.89. The van der Waals surface area contributed by atoms with Gasteiger partial charge in [0.2, 0.25) is 5.91 Å². The number of rotatable bonds is 4. The van der Waals surface area contributed by atoms with E-state index in [0.29, 0.717) is 6.42 Å². The molecule has 3 rings (SSSR count). The molecule has 0 aromatic carbocycles. The van der Waals surface area contributed by atoms with Gasteiger partial charge in [0.1, 0.15) is 0 Å². The van der Waals surface area contributed by atoms with Crippen LogP contribution in [0.1, 0.15) is 36.3 Å². The molecule has 1 aromatic heterocycles. The second-order valence-electron chi connectivity index (χ2n) is 5.60. The third-order valence-corrected chi connectivity index (χ3v) is 4.88. The summed E-state index contributed by atoms with van der Waals surface area (Å²) < 4.78 is 5.53. The molecule has 5 nitrogen and oxygen atoms in total. The van der Waals surface area contributed by atoms with Crippen LogP contribution in [0.2, 0.25) is 0 Å². The molecule has 0 radical (unpaired) electrons. The van der Waals surface area contributed by atoms with Gasteiger partial charge in [-0.3, -0.25) is 4.79 Å². The highest BCUT2D eigenvalue weighted by atomic mass is 32.1. The first kappa shape index (κ1) is 14.0. The van der Waals surface area contributed by atoms with Crippen molar-refractivity contribution in [2.75, 3.05) is 25.5 Å². The van der Waals surface area contributed by atoms with Gasteiger partial charge in [-0.25, -0.2) is 4.98 Å². The minimum atomic E-state index is 0.0555. The van der Waals surface area contributed by atoms with Crippen LogP contribution in [-0.2, 0) is 22.5 Å². The molecule has 1 fully saturated rings. The second-order valence-corrected chi connectivity index (χ2v) is 6.68. The molecule has 0 bridgehead atoms. The van der Waals surface area contributed by atoms with Crippen molar-refractivity contribution in [3.63, 3.8) is 0 Å². The number of fused-ring (bicyclic) bond motifs is 1. The molecule has 3 heterocycles. The number of hydrogen-bond acceptors (Lipinski definition) is 5. The fourth-order valence-corrected chi connectivity index (χ4v) is 3.83. The van der Waals surface area contributed by atoms with Crippen LogP contribution in [0.5, 0.6) is 0 Å². The van der Waals surface area contributed by atoms with Crippen molar-refractivity contribution in [3.05, 3.63) is 10.6 Å². The van der Waals surface area contributed by atoms with Crippen LogP contribution in [-0.4, -0.2) is 42.1 Å². The fourth-order valence-electron chi connectivity index (χ4n) is 2.72. The number of hydrogen-bond donors (Lipinski definition) is 1. The summed E-state index contributed by atoms with van der Waals surface area (Å²) in [5, 5.41) is 3.68. The molecule has 1 aromatic rings. The van der Waals surface area contributed by atoms with Gasteiger partial charge in [0, 0.05) is 37.4 Å². The van der Waals surface area contributed by atoms with E-state index in [9.17, 15) is 4.79 Å². The van der Waals surface area contributed by atoms with E-state index < -0.39 is 0 Å². The zero-order valence-electron chi connectivity index (χ0n) is 11.9.